The van der Waals surface area contributed by atoms with E-state index in [2.05, 4.69) is 32.9 Å². The van der Waals surface area contributed by atoms with Crippen LogP contribution in [-0.4, -0.2) is 5.11 Å². The van der Waals surface area contributed by atoms with Crippen LogP contribution in [0.5, 0.6) is 5.75 Å². The van der Waals surface area contributed by atoms with Crippen molar-refractivity contribution in [3.05, 3.63) is 35.4 Å². The summed E-state index contributed by atoms with van der Waals surface area (Å²) in [6, 6.07) is 6.03. The first kappa shape index (κ1) is 12.2. The first-order chi connectivity index (χ1) is 7.98. The van der Waals surface area contributed by atoms with Gasteiger partial charge < -0.3 is 5.11 Å². The smallest absolute Gasteiger partial charge is 0.123 e. The molecule has 0 amide bonds. The zero-order chi connectivity index (χ0) is 12.5. The van der Waals surface area contributed by atoms with Gasteiger partial charge >= 0.3 is 0 Å². The quantitative estimate of drug-likeness (QED) is 0.744. The Kier molecular flexibility index (Phi) is 3.28. The summed E-state index contributed by atoms with van der Waals surface area (Å²) in [5, 5.41) is 10.0. The summed E-state index contributed by atoms with van der Waals surface area (Å²) >= 11 is 0. The van der Waals surface area contributed by atoms with Crippen LogP contribution in [0.15, 0.2) is 24.3 Å². The van der Waals surface area contributed by atoms with Crippen molar-refractivity contribution in [3.8, 4) is 5.75 Å². The van der Waals surface area contributed by atoms with Crippen molar-refractivity contribution in [2.24, 2.45) is 0 Å². The molecule has 0 radical (unpaired) electrons. The molecule has 92 valence electrons. The molecule has 0 aromatic heterocycles. The second-order valence-electron chi connectivity index (χ2n) is 5.96. The van der Waals surface area contributed by atoms with Gasteiger partial charge in [0.2, 0.25) is 0 Å². The lowest BCUT2D eigenvalue weighted by Gasteiger charge is -2.22. The van der Waals surface area contributed by atoms with Crippen molar-refractivity contribution in [3.63, 3.8) is 0 Å². The van der Waals surface area contributed by atoms with Gasteiger partial charge in [-0.3, -0.25) is 0 Å². The third-order valence-electron chi connectivity index (χ3n) is 3.50. The van der Waals surface area contributed by atoms with E-state index in [-0.39, 0.29) is 5.41 Å². The largest absolute Gasteiger partial charge is 0.507 e. The van der Waals surface area contributed by atoms with Crippen molar-refractivity contribution in [1.29, 1.82) is 0 Å². The summed E-state index contributed by atoms with van der Waals surface area (Å²) in [6.07, 6.45) is 7.05. The highest BCUT2D eigenvalue weighted by Gasteiger charge is 2.17. The van der Waals surface area contributed by atoms with E-state index in [9.17, 15) is 5.11 Å². The highest BCUT2D eigenvalue weighted by Crippen LogP contribution is 2.35. The minimum atomic E-state index is 0.137. The molecule has 0 bridgehead atoms. The van der Waals surface area contributed by atoms with Crippen LogP contribution in [0.2, 0.25) is 0 Å². The molecule has 0 fully saturated rings. The third-order valence-corrected chi connectivity index (χ3v) is 3.50. The lowest BCUT2D eigenvalue weighted by Crippen LogP contribution is -2.11. The van der Waals surface area contributed by atoms with Crippen molar-refractivity contribution >= 4 is 5.57 Å². The molecular weight excluding hydrogens is 208 g/mol. The normalized spacial score (nSPS) is 16.8. The van der Waals surface area contributed by atoms with E-state index in [1.165, 1.54) is 24.0 Å². The zero-order valence-electron chi connectivity index (χ0n) is 11.1. The maximum atomic E-state index is 10.0. The number of aromatic hydroxyl groups is 1. The van der Waals surface area contributed by atoms with E-state index >= 15 is 0 Å². The predicted molar refractivity (Wildman–Crippen MR) is 73.3 cm³/mol. The Balaban J connectivity index is 2.42. The summed E-state index contributed by atoms with van der Waals surface area (Å²) in [6.45, 7) is 6.62. The van der Waals surface area contributed by atoms with E-state index in [4.69, 9.17) is 0 Å². The molecule has 1 heteroatoms. The number of rotatable bonds is 1. The number of allylic oxidation sites excluding steroid dienone is 2. The van der Waals surface area contributed by atoms with Crippen LogP contribution in [0.25, 0.3) is 5.57 Å². The highest BCUT2D eigenvalue weighted by atomic mass is 16.3. The molecular formula is C16H22O. The fourth-order valence-corrected chi connectivity index (χ4v) is 2.34. The van der Waals surface area contributed by atoms with Crippen LogP contribution in [0.1, 0.15) is 57.6 Å². The van der Waals surface area contributed by atoms with Crippen LogP contribution in [0.4, 0.5) is 0 Å². The minimum Gasteiger partial charge on any atom is -0.507 e. The minimum absolute atomic E-state index is 0.137. The number of hydrogen-bond acceptors (Lipinski definition) is 1. The summed E-state index contributed by atoms with van der Waals surface area (Å²) in [5.74, 6) is 0.422. The molecule has 1 aliphatic carbocycles. The highest BCUT2D eigenvalue weighted by molar-refractivity contribution is 5.71. The van der Waals surface area contributed by atoms with Crippen molar-refractivity contribution in [2.45, 2.75) is 51.9 Å². The van der Waals surface area contributed by atoms with E-state index in [0.717, 1.165) is 18.4 Å². The van der Waals surface area contributed by atoms with Gasteiger partial charge in [0.25, 0.3) is 0 Å². The Hall–Kier alpha value is -1.24. The molecule has 17 heavy (non-hydrogen) atoms. The summed E-state index contributed by atoms with van der Waals surface area (Å²) < 4.78 is 0. The van der Waals surface area contributed by atoms with E-state index in [1.54, 1.807) is 0 Å². The van der Waals surface area contributed by atoms with Crippen LogP contribution in [0.3, 0.4) is 0 Å². The van der Waals surface area contributed by atoms with Gasteiger partial charge in [0.1, 0.15) is 5.75 Å². The lowest BCUT2D eigenvalue weighted by atomic mass is 9.84. The van der Waals surface area contributed by atoms with Gasteiger partial charge in [-0.1, -0.05) is 32.9 Å². The van der Waals surface area contributed by atoms with Gasteiger partial charge in [-0.15, -0.1) is 0 Å². The summed E-state index contributed by atoms with van der Waals surface area (Å²) in [7, 11) is 0. The average Bonchev–Trinajstić information content (AvgIpc) is 2.29. The number of benzene rings is 1. The van der Waals surface area contributed by atoms with E-state index in [1.807, 2.05) is 12.1 Å². The number of hydrogen-bond donors (Lipinski definition) is 1. The SMILES string of the molecule is CC(C)(C)c1ccc(O)c(C2=CCCCC2)c1. The molecule has 0 atom stereocenters. The van der Waals surface area contributed by atoms with Gasteiger partial charge in [-0.2, -0.15) is 0 Å². The molecule has 0 saturated carbocycles. The van der Waals surface area contributed by atoms with E-state index < -0.39 is 0 Å². The molecule has 1 aliphatic rings. The van der Waals surface area contributed by atoms with Gasteiger partial charge in [0, 0.05) is 5.56 Å². The third kappa shape index (κ3) is 2.71. The van der Waals surface area contributed by atoms with Gasteiger partial charge in [0.05, 0.1) is 0 Å². The molecule has 0 unspecified atom stereocenters. The van der Waals surface area contributed by atoms with Crippen molar-refractivity contribution < 1.29 is 5.11 Å². The Labute approximate surface area is 104 Å². The lowest BCUT2D eigenvalue weighted by molar-refractivity contribution is 0.471. The summed E-state index contributed by atoms with van der Waals surface area (Å²) in [5.41, 5.74) is 3.78. The van der Waals surface area contributed by atoms with Crippen molar-refractivity contribution in [1.82, 2.24) is 0 Å². The number of phenolic OH excluding ortho intramolecular Hbond substituents is 1. The topological polar surface area (TPSA) is 20.2 Å². The molecule has 1 nitrogen and oxygen atoms in total. The molecule has 1 N–H and O–H groups in total. The van der Waals surface area contributed by atoms with Gasteiger partial charge in [0.15, 0.2) is 0 Å². The van der Waals surface area contributed by atoms with Crippen molar-refractivity contribution in [2.75, 3.05) is 0 Å². The predicted octanol–water partition coefficient (Wildman–Crippen LogP) is 4.65. The second-order valence-corrected chi connectivity index (χ2v) is 5.96. The van der Waals surface area contributed by atoms with Crippen LogP contribution < -0.4 is 0 Å². The Morgan fingerprint density at radius 3 is 2.47 bits per heavy atom. The summed E-state index contributed by atoms with van der Waals surface area (Å²) in [4.78, 5) is 0. The molecule has 1 aromatic rings. The fraction of sp³-hybridized carbons (Fsp3) is 0.500. The van der Waals surface area contributed by atoms with E-state index in [0.29, 0.717) is 5.75 Å². The fourth-order valence-electron chi connectivity index (χ4n) is 2.34. The maximum absolute atomic E-state index is 10.0. The Bertz CT molecular complexity index is 435. The molecule has 2 rings (SSSR count). The second kappa shape index (κ2) is 4.56. The Morgan fingerprint density at radius 2 is 1.88 bits per heavy atom. The standard InChI is InChI=1S/C16H22O/c1-16(2,3)13-9-10-15(17)14(11-13)12-7-5-4-6-8-12/h7,9-11,17H,4-6,8H2,1-3H3. The van der Waals surface area contributed by atoms with Crippen LogP contribution >= 0.6 is 0 Å². The average molecular weight is 230 g/mol. The monoisotopic (exact) mass is 230 g/mol. The molecule has 0 heterocycles. The molecule has 0 saturated heterocycles. The number of phenols is 1. The zero-order valence-corrected chi connectivity index (χ0v) is 11.1. The van der Waals surface area contributed by atoms with Crippen LogP contribution in [-0.2, 0) is 5.41 Å². The van der Waals surface area contributed by atoms with Crippen LogP contribution in [0, 0.1) is 0 Å². The molecule has 0 aliphatic heterocycles. The van der Waals surface area contributed by atoms with Gasteiger partial charge in [-0.25, -0.2) is 0 Å². The molecule has 1 aromatic carbocycles. The first-order valence-corrected chi connectivity index (χ1v) is 6.51. The first-order valence-electron chi connectivity index (χ1n) is 6.51. The Morgan fingerprint density at radius 1 is 1.12 bits per heavy atom. The van der Waals surface area contributed by atoms with Gasteiger partial charge in [-0.05, 0) is 54.4 Å². The maximum Gasteiger partial charge on any atom is 0.123 e. The molecule has 0 spiro atoms.